The number of nitrogens with one attached hydrogen (secondary N) is 5. The van der Waals surface area contributed by atoms with Crippen LogP contribution in [0, 0.1) is 5.92 Å². The Labute approximate surface area is 647 Å². The number of H-pyrrole nitrogens is 4. The van der Waals surface area contributed by atoms with Crippen LogP contribution in [0.2, 0.25) is 20.9 Å². The molecule has 6 aromatic rings. The van der Waals surface area contributed by atoms with E-state index in [1.54, 1.807) is 14.2 Å². The number of anilines is 2. The van der Waals surface area contributed by atoms with Gasteiger partial charge < -0.3 is 58.8 Å². The zero-order chi connectivity index (χ0) is 67.1. The van der Waals surface area contributed by atoms with Crippen LogP contribution in [-0.2, 0) is 59.1 Å². The molecule has 0 amide bonds. The molecular weight excluding hydrogens is 1660 g/mol. The Morgan fingerprint density at radius 3 is 1.65 bits per heavy atom. The second-order valence-corrected chi connectivity index (χ2v) is 29.6. The molecule has 5 N–H and O–H groups in total. The summed E-state index contributed by atoms with van der Waals surface area (Å²) in [6.45, 7) is 8.45. The molecule has 25 nitrogen and oxygen atoms in total. The van der Waals surface area contributed by atoms with Crippen molar-refractivity contribution >= 4 is 180 Å². The number of aromatic nitrogens is 10. The Morgan fingerprint density at radius 1 is 0.674 bits per heavy atom. The van der Waals surface area contributed by atoms with Gasteiger partial charge in [0.1, 0.15) is 20.9 Å². The fraction of sp³-hybridized carbons (Fsp3) is 0.490. The third-order valence-corrected chi connectivity index (χ3v) is 16.4. The first-order valence-corrected chi connectivity index (χ1v) is 36.1. The molecule has 5 aromatic heterocycles. The van der Waals surface area contributed by atoms with Gasteiger partial charge in [-0.25, -0.2) is 34.5 Å². The molecule has 0 radical (unpaired) electrons. The van der Waals surface area contributed by atoms with E-state index in [9.17, 15) is 28.8 Å². The van der Waals surface area contributed by atoms with Crippen molar-refractivity contribution in [2.45, 2.75) is 81.7 Å². The molecule has 3 aliphatic heterocycles. The van der Waals surface area contributed by atoms with Crippen LogP contribution in [-0.4, -0.2) is 142 Å². The quantitative estimate of drug-likeness (QED) is 0.0341. The zero-order valence-corrected chi connectivity index (χ0v) is 67.2. The number of aromatic amines is 4. The molecule has 0 spiro atoms. The molecule has 0 atom stereocenters. The van der Waals surface area contributed by atoms with Gasteiger partial charge in [-0.2, -0.15) is 12.1 Å². The number of hydrogen-bond donors (Lipinski definition) is 5. The number of ether oxygens (including phenoxy) is 6. The number of benzene rings is 1. The predicted octanol–water partition coefficient (Wildman–Crippen LogP) is 4.78. The summed E-state index contributed by atoms with van der Waals surface area (Å²) in [4.78, 5) is 78.6. The summed E-state index contributed by atoms with van der Waals surface area (Å²) in [7, 11) is 4.01. The molecule has 10 rings (SSSR count). The number of methoxy groups -OCH3 is 2. The van der Waals surface area contributed by atoms with Crippen LogP contribution in [0.4, 0.5) is 11.6 Å². The first-order valence-electron chi connectivity index (χ1n) is 26.2. The molecule has 1 aromatic carbocycles. The van der Waals surface area contributed by atoms with Crippen molar-refractivity contribution in [2.75, 3.05) is 84.3 Å². The Morgan fingerprint density at radius 2 is 1.18 bits per heavy atom. The average molecular weight is 1720 g/mol. The van der Waals surface area contributed by atoms with E-state index in [1.807, 2.05) is 9.97 Å². The topological polar surface area (TPSA) is 343 Å². The standard InChI is InChI=1S/C26H36N4O4.C6H5BrCl2N2O.C5H2BrCl3N2.C5H4BrClN2O2.C5H5ClN2O2.C3H5O2.CH3O.Cl3OP.2Na/c1-18-3-7-20(8-4-18)27-26-28-23(17-31-2)24(25(29-26)34-22-15-33-16-22)19-5-9-21(10-6-19)30-11-13-32-14-12-30;1-12-2-3-4(7)5(8)11-6(9)10-3;6-3-2(1-7)10-5(9)11-4(3)8;6-3-2(1-7)8-5(11)9-4(3)10;6-2-3-1-4(9)8-5(10)7-3;4-3-1-5-2-3;1-2;1-5(2,3)4;;/h5-6,9-10,18,20,22H,3-4,7-8,11-17H2,1-2H3,(H,27,28,29);2H2,1H3;1H2;1H2,(H2,8,9,10,11);1H,2H2,(H2,7,8,9,10);3H,1-2H2;1H3;;;/q;;;;;2*-1;;2*+1. The largest absolute Gasteiger partial charge is 1.00 e. The van der Waals surface area contributed by atoms with Crippen LogP contribution in [0.25, 0.3) is 11.1 Å². The van der Waals surface area contributed by atoms with Gasteiger partial charge in [0, 0.05) is 64.0 Å². The van der Waals surface area contributed by atoms with E-state index in [0.29, 0.717) is 94.4 Å². The summed E-state index contributed by atoms with van der Waals surface area (Å²) in [5.41, 5.74) is 4.03. The number of nitrogens with zero attached hydrogens (tertiary/aromatic N) is 7. The van der Waals surface area contributed by atoms with Gasteiger partial charge in [-0.05, 0) is 154 Å². The van der Waals surface area contributed by atoms with Crippen molar-refractivity contribution in [3.63, 3.8) is 0 Å². The summed E-state index contributed by atoms with van der Waals surface area (Å²) >= 11 is 62.0. The molecule has 4 fully saturated rings. The van der Waals surface area contributed by atoms with Gasteiger partial charge in [0.25, 0.3) is 11.1 Å². The number of halogens is 13. The Balaban J connectivity index is 0.000000604. The van der Waals surface area contributed by atoms with E-state index in [2.05, 4.69) is 158 Å². The smallest absolute Gasteiger partial charge is 0.857 e. The summed E-state index contributed by atoms with van der Waals surface area (Å²) < 4.78 is 43.1. The van der Waals surface area contributed by atoms with Crippen LogP contribution < -0.4 is 107 Å². The van der Waals surface area contributed by atoms with Crippen LogP contribution in [0.1, 0.15) is 61.1 Å². The number of morpholine rings is 1. The molecule has 0 bridgehead atoms. The third kappa shape index (κ3) is 34.0. The van der Waals surface area contributed by atoms with Crippen molar-refractivity contribution in [1.29, 1.82) is 0 Å². The molecule has 500 valence electrons. The van der Waals surface area contributed by atoms with Gasteiger partial charge in [-0.1, -0.05) is 48.4 Å². The zero-order valence-electron chi connectivity index (χ0n) is 50.0. The molecule has 3 saturated heterocycles. The second kappa shape index (κ2) is 48.3. The maximum absolute atomic E-state index is 10.8. The van der Waals surface area contributed by atoms with E-state index in [-0.39, 0.29) is 103 Å². The molecular formula is C51H60Br3Cl10N12Na2O13P. The molecule has 1 aliphatic carbocycles. The second-order valence-electron chi connectivity index (χ2n) is 18.4. The van der Waals surface area contributed by atoms with Crippen molar-refractivity contribution in [3.05, 3.63) is 135 Å². The van der Waals surface area contributed by atoms with Crippen LogP contribution in [0.3, 0.4) is 0 Å². The normalized spacial score (nSPS) is 15.6. The molecule has 92 heavy (non-hydrogen) atoms. The fourth-order valence-electron chi connectivity index (χ4n) is 7.46. The predicted molar refractivity (Wildman–Crippen MR) is 359 cm³/mol. The molecule has 8 heterocycles. The number of hydrogen-bond acceptors (Lipinski definition) is 21. The van der Waals surface area contributed by atoms with Crippen LogP contribution in [0.15, 0.2) is 62.9 Å². The summed E-state index contributed by atoms with van der Waals surface area (Å²) in [6, 6.07) is 10.2. The summed E-state index contributed by atoms with van der Waals surface area (Å²) in [5.74, 6) is 2.50. The van der Waals surface area contributed by atoms with Gasteiger partial charge in [-0.3, -0.25) is 24.1 Å². The Hall–Kier alpha value is -0.490. The van der Waals surface area contributed by atoms with Gasteiger partial charge in [-0.15, -0.1) is 34.8 Å². The SMILES string of the molecule is COCc1nc(Cl)nc(Cl)c1Br.COCc1nc(NC2CCC(C)CC2)nc(OC2COC2)c1-c1ccc(N2CCOCC2)cc1.C[O-].ClCc1nc(Cl)nc(Cl)c1Br.O=P(Cl)(Cl)Cl.O=c1[nH]c(CCl)c(Br)c(=O)[nH]1.O=c1cc(CCl)[nH]c(=O)[nH]1.[Na+].[Na+].[O-]C1COC1. The van der Waals surface area contributed by atoms with E-state index in [0.717, 1.165) is 69.0 Å². The van der Waals surface area contributed by atoms with Crippen molar-refractivity contribution in [1.82, 2.24) is 49.8 Å². The van der Waals surface area contributed by atoms with Crippen LogP contribution >= 0.6 is 168 Å². The maximum Gasteiger partial charge on any atom is 1.00 e. The first-order chi connectivity index (χ1) is 42.7. The number of alkyl halides is 3. The minimum absolute atomic E-state index is 0. The van der Waals surface area contributed by atoms with Crippen molar-refractivity contribution in [3.8, 4) is 17.0 Å². The minimum Gasteiger partial charge on any atom is -0.857 e. The van der Waals surface area contributed by atoms with Crippen molar-refractivity contribution < 1.29 is 102 Å². The van der Waals surface area contributed by atoms with Gasteiger partial charge in [0.05, 0.1) is 94.6 Å². The van der Waals surface area contributed by atoms with E-state index >= 15 is 0 Å². The number of rotatable bonds is 13. The molecule has 0 unspecified atom stereocenters. The summed E-state index contributed by atoms with van der Waals surface area (Å²) in [6.07, 6.45) is 4.36. The molecule has 4 aliphatic rings. The van der Waals surface area contributed by atoms with Gasteiger partial charge in [0.2, 0.25) is 22.4 Å². The summed E-state index contributed by atoms with van der Waals surface area (Å²) in [5, 5.41) is 19.3. The van der Waals surface area contributed by atoms with Crippen LogP contribution in [0.5, 0.6) is 5.88 Å². The fourth-order valence-corrected chi connectivity index (χ4v) is 10.1. The Kier molecular flexibility index (Phi) is 47.0. The molecule has 1 saturated carbocycles. The molecule has 41 heteroatoms. The van der Waals surface area contributed by atoms with E-state index < -0.39 is 33.8 Å². The van der Waals surface area contributed by atoms with Gasteiger partial charge >= 0.3 is 75.7 Å². The van der Waals surface area contributed by atoms with Gasteiger partial charge in [0.15, 0.2) is 0 Å². The minimum atomic E-state index is -3.22. The third-order valence-electron chi connectivity index (χ3n) is 11.8. The maximum atomic E-state index is 10.8. The monoisotopic (exact) mass is 1710 g/mol. The van der Waals surface area contributed by atoms with E-state index in [4.69, 9.17) is 120 Å². The van der Waals surface area contributed by atoms with Crippen molar-refractivity contribution in [2.24, 2.45) is 5.92 Å². The first kappa shape index (κ1) is 89.5. The average Bonchev–Trinajstić information content (AvgIpc) is 0.796. The van der Waals surface area contributed by atoms with E-state index in [1.165, 1.54) is 24.6 Å². The Bertz CT molecular complexity index is 3420.